The number of phenolic OH excluding ortho intramolecular Hbond substituents is 1. The van der Waals surface area contributed by atoms with Crippen molar-refractivity contribution in [3.63, 3.8) is 0 Å². The SMILES string of the molecule is Cc1cc(C)c(C)c(C2CCC(C(C)(C)C3CCC(c4cc(C)cc(C)c4O)CC3)CC2)c1. The van der Waals surface area contributed by atoms with E-state index >= 15 is 0 Å². The van der Waals surface area contributed by atoms with Crippen molar-refractivity contribution in [2.75, 3.05) is 0 Å². The third-order valence-electron chi connectivity index (χ3n) is 9.76. The normalized spacial score (nSPS) is 26.4. The summed E-state index contributed by atoms with van der Waals surface area (Å²) >= 11 is 0. The quantitative estimate of drug-likeness (QED) is 0.496. The first-order valence-corrected chi connectivity index (χ1v) is 13.5. The Bertz CT molecular complexity index is 903. The second-order valence-corrected chi connectivity index (χ2v) is 12.2. The van der Waals surface area contributed by atoms with Crippen molar-refractivity contribution in [2.45, 2.75) is 112 Å². The fourth-order valence-corrected chi connectivity index (χ4v) is 7.43. The zero-order valence-corrected chi connectivity index (χ0v) is 22.2. The van der Waals surface area contributed by atoms with E-state index in [1.807, 2.05) is 6.92 Å². The molecule has 0 aliphatic heterocycles. The summed E-state index contributed by atoms with van der Waals surface area (Å²) in [6.45, 7) is 16.2. The third kappa shape index (κ3) is 4.89. The Morgan fingerprint density at radius 3 is 1.55 bits per heavy atom. The van der Waals surface area contributed by atoms with E-state index in [1.54, 1.807) is 5.56 Å². The maximum atomic E-state index is 10.7. The monoisotopic (exact) mass is 446 g/mol. The average molecular weight is 447 g/mol. The number of aromatic hydroxyl groups is 1. The largest absolute Gasteiger partial charge is 0.507 e. The van der Waals surface area contributed by atoms with Crippen LogP contribution in [0.2, 0.25) is 0 Å². The molecule has 1 heteroatoms. The van der Waals surface area contributed by atoms with Gasteiger partial charge >= 0.3 is 0 Å². The van der Waals surface area contributed by atoms with Crippen molar-refractivity contribution < 1.29 is 5.11 Å². The predicted molar refractivity (Wildman–Crippen MR) is 141 cm³/mol. The van der Waals surface area contributed by atoms with Gasteiger partial charge < -0.3 is 5.11 Å². The lowest BCUT2D eigenvalue weighted by molar-refractivity contribution is 0.0511. The topological polar surface area (TPSA) is 20.2 Å². The van der Waals surface area contributed by atoms with Crippen LogP contribution in [0.4, 0.5) is 0 Å². The summed E-state index contributed by atoms with van der Waals surface area (Å²) in [4.78, 5) is 0. The van der Waals surface area contributed by atoms with Crippen LogP contribution in [0, 0.1) is 51.9 Å². The van der Waals surface area contributed by atoms with Gasteiger partial charge in [-0.05, 0) is 143 Å². The fourth-order valence-electron chi connectivity index (χ4n) is 7.43. The first kappa shape index (κ1) is 24.4. The molecule has 0 amide bonds. The van der Waals surface area contributed by atoms with E-state index in [-0.39, 0.29) is 0 Å². The van der Waals surface area contributed by atoms with E-state index in [1.165, 1.54) is 79.2 Å². The molecule has 2 fully saturated rings. The van der Waals surface area contributed by atoms with Crippen LogP contribution < -0.4 is 0 Å². The van der Waals surface area contributed by atoms with Crippen LogP contribution >= 0.6 is 0 Å². The van der Waals surface area contributed by atoms with E-state index < -0.39 is 0 Å². The van der Waals surface area contributed by atoms with Crippen LogP contribution in [0.15, 0.2) is 24.3 Å². The van der Waals surface area contributed by atoms with E-state index in [9.17, 15) is 5.11 Å². The first-order valence-electron chi connectivity index (χ1n) is 13.5. The molecule has 0 spiro atoms. The number of phenols is 1. The molecule has 2 aromatic carbocycles. The summed E-state index contributed by atoms with van der Waals surface area (Å²) in [6, 6.07) is 9.13. The lowest BCUT2D eigenvalue weighted by atomic mass is 9.58. The second-order valence-electron chi connectivity index (χ2n) is 12.2. The summed E-state index contributed by atoms with van der Waals surface area (Å²) in [7, 11) is 0. The summed E-state index contributed by atoms with van der Waals surface area (Å²) in [6.07, 6.45) is 10.5. The molecule has 0 atom stereocenters. The van der Waals surface area contributed by atoms with Crippen molar-refractivity contribution in [1.82, 2.24) is 0 Å². The Labute approximate surface area is 203 Å². The van der Waals surface area contributed by atoms with E-state index in [2.05, 4.69) is 65.8 Å². The predicted octanol–water partition coefficient (Wildman–Crippen LogP) is 9.21. The van der Waals surface area contributed by atoms with Crippen molar-refractivity contribution in [2.24, 2.45) is 17.3 Å². The van der Waals surface area contributed by atoms with Crippen LogP contribution in [0.25, 0.3) is 0 Å². The second kappa shape index (κ2) is 9.47. The molecule has 1 N–H and O–H groups in total. The molecule has 0 unspecified atom stereocenters. The molecule has 33 heavy (non-hydrogen) atoms. The molecule has 2 aliphatic rings. The molecule has 0 bridgehead atoms. The molecule has 0 saturated heterocycles. The fraction of sp³-hybridized carbons (Fsp3) is 0.625. The van der Waals surface area contributed by atoms with Gasteiger partial charge in [0.25, 0.3) is 0 Å². The average Bonchev–Trinajstić information content (AvgIpc) is 2.79. The van der Waals surface area contributed by atoms with E-state index in [0.29, 0.717) is 17.1 Å². The van der Waals surface area contributed by atoms with Gasteiger partial charge in [-0.1, -0.05) is 49.2 Å². The van der Waals surface area contributed by atoms with Crippen molar-refractivity contribution in [3.8, 4) is 5.75 Å². The van der Waals surface area contributed by atoms with Crippen molar-refractivity contribution >= 4 is 0 Å². The minimum Gasteiger partial charge on any atom is -0.507 e. The summed E-state index contributed by atoms with van der Waals surface area (Å²) in [5.41, 5.74) is 9.95. The van der Waals surface area contributed by atoms with Gasteiger partial charge in [0.1, 0.15) is 5.75 Å². The zero-order valence-electron chi connectivity index (χ0n) is 22.2. The minimum absolute atomic E-state index is 0.415. The highest BCUT2D eigenvalue weighted by molar-refractivity contribution is 5.45. The van der Waals surface area contributed by atoms with Crippen LogP contribution in [0.5, 0.6) is 5.75 Å². The standard InChI is InChI=1S/C32H46O/c1-20-16-22(3)24(5)29(18-20)25-8-12-27(13-9-25)32(6,7)28-14-10-26(11-15-28)30-19-21(2)17-23(4)31(30)33/h16-19,25-28,33H,8-15H2,1-7H3. The van der Waals surface area contributed by atoms with Crippen LogP contribution in [-0.2, 0) is 0 Å². The van der Waals surface area contributed by atoms with Gasteiger partial charge in [-0.3, -0.25) is 0 Å². The van der Waals surface area contributed by atoms with Gasteiger partial charge in [-0.25, -0.2) is 0 Å². The van der Waals surface area contributed by atoms with Gasteiger partial charge in [-0.2, -0.15) is 0 Å². The molecule has 180 valence electrons. The molecule has 0 heterocycles. The highest BCUT2D eigenvalue weighted by atomic mass is 16.3. The summed E-state index contributed by atoms with van der Waals surface area (Å²) in [5, 5.41) is 10.7. The maximum absolute atomic E-state index is 10.7. The molecular weight excluding hydrogens is 400 g/mol. The van der Waals surface area contributed by atoms with Crippen LogP contribution in [0.1, 0.15) is 116 Å². The smallest absolute Gasteiger partial charge is 0.121 e. The molecule has 0 aromatic heterocycles. The molecule has 2 aliphatic carbocycles. The van der Waals surface area contributed by atoms with Gasteiger partial charge in [0.2, 0.25) is 0 Å². The number of hydrogen-bond acceptors (Lipinski definition) is 1. The number of rotatable bonds is 4. The molecule has 0 radical (unpaired) electrons. The summed E-state index contributed by atoms with van der Waals surface area (Å²) < 4.78 is 0. The van der Waals surface area contributed by atoms with E-state index in [4.69, 9.17) is 0 Å². The number of benzene rings is 2. The van der Waals surface area contributed by atoms with Crippen LogP contribution in [-0.4, -0.2) is 5.11 Å². The summed E-state index contributed by atoms with van der Waals surface area (Å²) in [5.74, 6) is 3.48. The molecule has 1 nitrogen and oxygen atoms in total. The molecule has 2 aromatic rings. The van der Waals surface area contributed by atoms with E-state index in [0.717, 1.165) is 23.3 Å². The lowest BCUT2D eigenvalue weighted by Crippen LogP contribution is -2.36. The molecule has 2 saturated carbocycles. The van der Waals surface area contributed by atoms with Crippen molar-refractivity contribution in [3.05, 3.63) is 63.2 Å². The Morgan fingerprint density at radius 1 is 0.606 bits per heavy atom. The van der Waals surface area contributed by atoms with Crippen molar-refractivity contribution in [1.29, 1.82) is 0 Å². The van der Waals surface area contributed by atoms with Crippen LogP contribution in [0.3, 0.4) is 0 Å². The number of aryl methyl sites for hydroxylation is 4. The Balaban J connectivity index is 1.38. The first-order chi connectivity index (χ1) is 15.6. The Hall–Kier alpha value is -1.76. The van der Waals surface area contributed by atoms with Gasteiger partial charge in [-0.15, -0.1) is 0 Å². The van der Waals surface area contributed by atoms with Gasteiger partial charge in [0.05, 0.1) is 0 Å². The lowest BCUT2D eigenvalue weighted by Gasteiger charge is -2.47. The highest BCUT2D eigenvalue weighted by Gasteiger charge is 2.41. The molecule has 4 rings (SSSR count). The third-order valence-corrected chi connectivity index (χ3v) is 9.76. The number of hydrogen-bond donors (Lipinski definition) is 1. The van der Waals surface area contributed by atoms with Gasteiger partial charge in [0, 0.05) is 0 Å². The molecular formula is C32H46O. The zero-order chi connectivity index (χ0) is 23.9. The Morgan fingerprint density at radius 2 is 1.03 bits per heavy atom. The maximum Gasteiger partial charge on any atom is 0.121 e. The highest BCUT2D eigenvalue weighted by Crippen LogP contribution is 2.53. The van der Waals surface area contributed by atoms with Gasteiger partial charge in [0.15, 0.2) is 0 Å². The minimum atomic E-state index is 0.415. The Kier molecular flexibility index (Phi) is 7.00.